The summed E-state index contributed by atoms with van der Waals surface area (Å²) in [5, 5.41) is 9.96. The van der Waals surface area contributed by atoms with Crippen LogP contribution in [0.15, 0.2) is 16.6 Å². The standard InChI is InChI=1S/C10H9BrF2O/c11-7-5-9(13)8(12)4-6(7)10(14)2-1-3-10/h4-5,14H,1-3H2. The predicted octanol–water partition coefficient (Wildman–Crippen LogP) is 3.10. The Morgan fingerprint density at radius 3 is 2.29 bits per heavy atom. The molecule has 0 spiro atoms. The second-order valence-corrected chi connectivity index (χ2v) is 4.49. The van der Waals surface area contributed by atoms with Gasteiger partial charge in [-0.1, -0.05) is 15.9 Å². The molecule has 1 fully saturated rings. The molecule has 4 heteroatoms. The van der Waals surface area contributed by atoms with Gasteiger partial charge in [-0.3, -0.25) is 0 Å². The Kier molecular flexibility index (Phi) is 2.35. The summed E-state index contributed by atoms with van der Waals surface area (Å²) in [6.07, 6.45) is 2.13. The van der Waals surface area contributed by atoms with Crippen LogP contribution in [-0.4, -0.2) is 5.11 Å². The fourth-order valence-corrected chi connectivity index (χ4v) is 2.34. The summed E-state index contributed by atoms with van der Waals surface area (Å²) < 4.78 is 26.2. The first-order chi connectivity index (χ1) is 6.53. The molecule has 14 heavy (non-hydrogen) atoms. The fraction of sp³-hybridized carbons (Fsp3) is 0.400. The molecule has 0 radical (unpaired) electrons. The number of aliphatic hydroxyl groups is 1. The smallest absolute Gasteiger partial charge is 0.159 e. The maximum absolute atomic E-state index is 12.9. The van der Waals surface area contributed by atoms with Gasteiger partial charge < -0.3 is 5.11 Å². The molecule has 2 rings (SSSR count). The summed E-state index contributed by atoms with van der Waals surface area (Å²) in [5.41, 5.74) is -0.518. The summed E-state index contributed by atoms with van der Waals surface area (Å²) in [6.45, 7) is 0. The van der Waals surface area contributed by atoms with Gasteiger partial charge in [0.1, 0.15) is 0 Å². The lowest BCUT2D eigenvalue weighted by Crippen LogP contribution is -2.34. The molecule has 0 amide bonds. The van der Waals surface area contributed by atoms with Gasteiger partial charge in [0.2, 0.25) is 0 Å². The van der Waals surface area contributed by atoms with E-state index in [1.165, 1.54) is 0 Å². The van der Waals surface area contributed by atoms with Crippen molar-refractivity contribution in [1.82, 2.24) is 0 Å². The van der Waals surface area contributed by atoms with Gasteiger partial charge in [-0.05, 0) is 31.4 Å². The summed E-state index contributed by atoms with van der Waals surface area (Å²) >= 11 is 3.13. The second kappa shape index (κ2) is 3.28. The van der Waals surface area contributed by atoms with Crippen molar-refractivity contribution in [3.8, 4) is 0 Å². The highest BCUT2D eigenvalue weighted by molar-refractivity contribution is 9.10. The van der Waals surface area contributed by atoms with E-state index < -0.39 is 17.2 Å². The minimum Gasteiger partial charge on any atom is -0.385 e. The van der Waals surface area contributed by atoms with Crippen LogP contribution in [-0.2, 0) is 5.60 Å². The first kappa shape index (κ1) is 10.1. The SMILES string of the molecule is OC1(c2cc(F)c(F)cc2Br)CCC1. The van der Waals surface area contributed by atoms with Gasteiger partial charge in [0, 0.05) is 10.0 Å². The average molecular weight is 263 g/mol. The van der Waals surface area contributed by atoms with E-state index >= 15 is 0 Å². The Balaban J connectivity index is 2.48. The van der Waals surface area contributed by atoms with Gasteiger partial charge in [0.15, 0.2) is 11.6 Å². The maximum Gasteiger partial charge on any atom is 0.159 e. The molecule has 1 aliphatic carbocycles. The number of halogens is 3. The van der Waals surface area contributed by atoms with Gasteiger partial charge in [-0.15, -0.1) is 0 Å². The minimum absolute atomic E-state index is 0.429. The van der Waals surface area contributed by atoms with Crippen molar-refractivity contribution in [2.75, 3.05) is 0 Å². The Morgan fingerprint density at radius 1 is 1.21 bits per heavy atom. The highest BCUT2D eigenvalue weighted by Gasteiger charge is 2.38. The van der Waals surface area contributed by atoms with Crippen molar-refractivity contribution in [2.24, 2.45) is 0 Å². The molecule has 0 aliphatic heterocycles. The van der Waals surface area contributed by atoms with Crippen LogP contribution < -0.4 is 0 Å². The van der Waals surface area contributed by atoms with E-state index in [0.717, 1.165) is 18.6 Å². The van der Waals surface area contributed by atoms with E-state index in [-0.39, 0.29) is 0 Å². The molecule has 1 aliphatic rings. The van der Waals surface area contributed by atoms with Crippen LogP contribution in [0.1, 0.15) is 24.8 Å². The summed E-state index contributed by atoms with van der Waals surface area (Å²) in [6, 6.07) is 2.12. The highest BCUT2D eigenvalue weighted by Crippen LogP contribution is 2.44. The van der Waals surface area contributed by atoms with Crippen LogP contribution in [0.2, 0.25) is 0 Å². The van der Waals surface area contributed by atoms with Gasteiger partial charge in [-0.25, -0.2) is 8.78 Å². The molecule has 1 aromatic carbocycles. The van der Waals surface area contributed by atoms with Crippen LogP contribution in [0, 0.1) is 11.6 Å². The predicted molar refractivity (Wildman–Crippen MR) is 51.8 cm³/mol. The minimum atomic E-state index is -0.965. The maximum atomic E-state index is 12.9. The number of rotatable bonds is 1. The molecule has 0 heterocycles. The van der Waals surface area contributed by atoms with E-state index in [9.17, 15) is 13.9 Å². The number of benzene rings is 1. The molecule has 0 aromatic heterocycles. The summed E-state index contributed by atoms with van der Waals surface area (Å²) in [4.78, 5) is 0. The molecule has 1 aromatic rings. The topological polar surface area (TPSA) is 20.2 Å². The molecule has 0 bridgehead atoms. The molecular formula is C10H9BrF2O. The van der Waals surface area contributed by atoms with Crippen LogP contribution in [0.4, 0.5) is 8.78 Å². The summed E-state index contributed by atoms with van der Waals surface area (Å²) in [5.74, 6) is -1.81. The first-order valence-corrected chi connectivity index (χ1v) is 5.20. The second-order valence-electron chi connectivity index (χ2n) is 3.63. The van der Waals surface area contributed by atoms with Crippen molar-refractivity contribution in [1.29, 1.82) is 0 Å². The molecule has 1 saturated carbocycles. The van der Waals surface area contributed by atoms with Crippen molar-refractivity contribution in [2.45, 2.75) is 24.9 Å². The van der Waals surface area contributed by atoms with Crippen LogP contribution in [0.3, 0.4) is 0 Å². The zero-order chi connectivity index (χ0) is 10.3. The van der Waals surface area contributed by atoms with Crippen molar-refractivity contribution in [3.05, 3.63) is 33.8 Å². The Bertz CT molecular complexity index is 375. The van der Waals surface area contributed by atoms with E-state index in [0.29, 0.717) is 22.9 Å². The third-order valence-electron chi connectivity index (χ3n) is 2.69. The van der Waals surface area contributed by atoms with Crippen molar-refractivity contribution in [3.63, 3.8) is 0 Å². The van der Waals surface area contributed by atoms with E-state index in [2.05, 4.69) is 15.9 Å². The zero-order valence-electron chi connectivity index (χ0n) is 7.36. The lowest BCUT2D eigenvalue weighted by Gasteiger charge is -2.37. The highest BCUT2D eigenvalue weighted by atomic mass is 79.9. The molecule has 1 nitrogen and oxygen atoms in total. The third kappa shape index (κ3) is 1.46. The third-order valence-corrected chi connectivity index (χ3v) is 3.35. The van der Waals surface area contributed by atoms with E-state index in [1.54, 1.807) is 0 Å². The molecule has 1 N–H and O–H groups in total. The molecule has 0 unspecified atom stereocenters. The van der Waals surface area contributed by atoms with Gasteiger partial charge in [0.05, 0.1) is 5.60 Å². The molecule has 0 saturated heterocycles. The van der Waals surface area contributed by atoms with Crippen molar-refractivity contribution < 1.29 is 13.9 Å². The van der Waals surface area contributed by atoms with Gasteiger partial charge in [-0.2, -0.15) is 0 Å². The number of hydrogen-bond donors (Lipinski definition) is 1. The van der Waals surface area contributed by atoms with E-state index in [1.807, 2.05) is 0 Å². The Labute approximate surface area is 88.9 Å². The molecule has 0 atom stereocenters. The largest absolute Gasteiger partial charge is 0.385 e. The average Bonchev–Trinajstić information content (AvgIpc) is 2.07. The zero-order valence-corrected chi connectivity index (χ0v) is 8.94. The lowest BCUT2D eigenvalue weighted by atomic mass is 9.75. The Hall–Kier alpha value is -0.480. The van der Waals surface area contributed by atoms with Crippen LogP contribution in [0.5, 0.6) is 0 Å². The van der Waals surface area contributed by atoms with E-state index in [4.69, 9.17) is 0 Å². The molecular weight excluding hydrogens is 254 g/mol. The first-order valence-electron chi connectivity index (χ1n) is 4.40. The quantitative estimate of drug-likeness (QED) is 0.772. The van der Waals surface area contributed by atoms with Crippen LogP contribution in [0.25, 0.3) is 0 Å². The fourth-order valence-electron chi connectivity index (χ4n) is 1.66. The number of hydrogen-bond acceptors (Lipinski definition) is 1. The normalized spacial score (nSPS) is 19.1. The van der Waals surface area contributed by atoms with Crippen LogP contribution >= 0.6 is 15.9 Å². The summed E-state index contributed by atoms with van der Waals surface area (Å²) in [7, 11) is 0. The monoisotopic (exact) mass is 262 g/mol. The van der Waals surface area contributed by atoms with Gasteiger partial charge >= 0.3 is 0 Å². The lowest BCUT2D eigenvalue weighted by molar-refractivity contribution is -0.0397. The van der Waals surface area contributed by atoms with Crippen molar-refractivity contribution >= 4 is 15.9 Å². The Morgan fingerprint density at radius 2 is 1.79 bits per heavy atom. The van der Waals surface area contributed by atoms with Gasteiger partial charge in [0.25, 0.3) is 0 Å². The molecule has 76 valence electrons.